The minimum absolute atomic E-state index is 0.727. The second kappa shape index (κ2) is 5.33. The molecule has 1 fully saturated rings. The topological polar surface area (TPSA) is 3.24 Å². The van der Waals surface area contributed by atoms with Gasteiger partial charge in [0.2, 0.25) is 0 Å². The van der Waals surface area contributed by atoms with E-state index in [4.69, 9.17) is 11.6 Å². The van der Waals surface area contributed by atoms with Gasteiger partial charge >= 0.3 is 0 Å². The zero-order valence-corrected chi connectivity index (χ0v) is 11.0. The molecule has 3 heteroatoms. The second-order valence-corrected chi connectivity index (χ2v) is 5.31. The van der Waals surface area contributed by atoms with Crippen molar-refractivity contribution < 1.29 is 0 Å². The van der Waals surface area contributed by atoms with Gasteiger partial charge in [-0.05, 0) is 30.5 Å². The van der Waals surface area contributed by atoms with Crippen molar-refractivity contribution in [3.05, 3.63) is 34.3 Å². The van der Waals surface area contributed by atoms with E-state index in [0.29, 0.717) is 0 Å². The molecule has 15 heavy (non-hydrogen) atoms. The van der Waals surface area contributed by atoms with Crippen LogP contribution in [-0.4, -0.2) is 23.4 Å². The Bertz CT molecular complexity index is 325. The fraction of sp³-hybridized carbons (Fsp3) is 0.500. The molecule has 0 radical (unpaired) electrons. The highest BCUT2D eigenvalue weighted by Gasteiger charge is 2.28. The molecule has 0 bridgehead atoms. The van der Waals surface area contributed by atoms with Crippen LogP contribution in [0.1, 0.15) is 18.4 Å². The SMILES string of the molecule is ClCCN(Cc1cccc(Br)c1)C1CC1. The van der Waals surface area contributed by atoms with E-state index in [1.807, 2.05) is 0 Å². The van der Waals surface area contributed by atoms with Gasteiger partial charge in [-0.25, -0.2) is 0 Å². The van der Waals surface area contributed by atoms with Crippen LogP contribution in [0, 0.1) is 0 Å². The minimum atomic E-state index is 0.727. The van der Waals surface area contributed by atoms with E-state index < -0.39 is 0 Å². The van der Waals surface area contributed by atoms with E-state index in [1.54, 1.807) is 0 Å². The molecule has 0 unspecified atom stereocenters. The standard InChI is InChI=1S/C12H15BrClN/c13-11-3-1-2-10(8-11)9-15(7-6-14)12-4-5-12/h1-3,8,12H,4-7,9H2. The quantitative estimate of drug-likeness (QED) is 0.748. The Morgan fingerprint density at radius 2 is 2.20 bits per heavy atom. The van der Waals surface area contributed by atoms with Gasteiger partial charge in [0.25, 0.3) is 0 Å². The molecule has 0 amide bonds. The highest BCUT2D eigenvalue weighted by Crippen LogP contribution is 2.28. The summed E-state index contributed by atoms with van der Waals surface area (Å²) in [4.78, 5) is 2.48. The molecule has 0 aromatic heterocycles. The summed E-state index contributed by atoms with van der Waals surface area (Å²) in [5, 5.41) is 0. The number of benzene rings is 1. The number of nitrogens with zero attached hydrogens (tertiary/aromatic N) is 1. The minimum Gasteiger partial charge on any atom is -0.295 e. The largest absolute Gasteiger partial charge is 0.295 e. The average Bonchev–Trinajstić information content (AvgIpc) is 3.00. The van der Waals surface area contributed by atoms with Gasteiger partial charge in [0, 0.05) is 29.5 Å². The van der Waals surface area contributed by atoms with Crippen molar-refractivity contribution in [2.75, 3.05) is 12.4 Å². The lowest BCUT2D eigenvalue weighted by Crippen LogP contribution is -2.27. The van der Waals surface area contributed by atoms with Gasteiger partial charge in [-0.1, -0.05) is 28.1 Å². The van der Waals surface area contributed by atoms with Crippen molar-refractivity contribution in [2.24, 2.45) is 0 Å². The molecule has 2 rings (SSSR count). The van der Waals surface area contributed by atoms with Crippen LogP contribution in [0.3, 0.4) is 0 Å². The number of hydrogen-bond donors (Lipinski definition) is 0. The highest BCUT2D eigenvalue weighted by molar-refractivity contribution is 9.10. The number of alkyl halides is 1. The van der Waals surface area contributed by atoms with Gasteiger partial charge in [-0.3, -0.25) is 4.90 Å². The first kappa shape index (κ1) is 11.4. The number of rotatable bonds is 5. The highest BCUT2D eigenvalue weighted by atomic mass is 79.9. The molecule has 1 aromatic rings. The fourth-order valence-electron chi connectivity index (χ4n) is 1.81. The molecular weight excluding hydrogens is 273 g/mol. The Hall–Kier alpha value is -0.0500. The summed E-state index contributed by atoms with van der Waals surface area (Å²) >= 11 is 9.31. The van der Waals surface area contributed by atoms with Crippen LogP contribution >= 0.6 is 27.5 Å². The lowest BCUT2D eigenvalue weighted by Gasteiger charge is -2.20. The molecule has 0 saturated heterocycles. The fourth-order valence-corrected chi connectivity index (χ4v) is 2.47. The first-order valence-corrected chi connectivity index (χ1v) is 6.67. The third kappa shape index (κ3) is 3.47. The number of halogens is 2. The van der Waals surface area contributed by atoms with Gasteiger partial charge in [0.1, 0.15) is 0 Å². The molecule has 1 aromatic carbocycles. The summed E-state index contributed by atoms with van der Waals surface area (Å²) in [6, 6.07) is 9.29. The maximum Gasteiger partial charge on any atom is 0.0351 e. The lowest BCUT2D eigenvalue weighted by molar-refractivity contribution is 0.271. The predicted molar refractivity (Wildman–Crippen MR) is 68.3 cm³/mol. The van der Waals surface area contributed by atoms with E-state index in [2.05, 4.69) is 45.1 Å². The Balaban J connectivity index is 1.98. The molecule has 1 nitrogen and oxygen atoms in total. The third-order valence-electron chi connectivity index (χ3n) is 2.71. The molecule has 0 aliphatic heterocycles. The molecular formula is C12H15BrClN. The van der Waals surface area contributed by atoms with Gasteiger partial charge in [0.15, 0.2) is 0 Å². The summed E-state index contributed by atoms with van der Waals surface area (Å²) in [7, 11) is 0. The van der Waals surface area contributed by atoms with E-state index in [-0.39, 0.29) is 0 Å². The summed E-state index contributed by atoms with van der Waals surface area (Å²) in [5.41, 5.74) is 1.36. The molecule has 1 aliphatic carbocycles. The van der Waals surface area contributed by atoms with E-state index in [9.17, 15) is 0 Å². The van der Waals surface area contributed by atoms with Crippen LogP contribution in [-0.2, 0) is 6.54 Å². The van der Waals surface area contributed by atoms with E-state index >= 15 is 0 Å². The van der Waals surface area contributed by atoms with Gasteiger partial charge < -0.3 is 0 Å². The predicted octanol–water partition coefficient (Wildman–Crippen LogP) is 3.65. The molecule has 0 heterocycles. The van der Waals surface area contributed by atoms with Crippen molar-refractivity contribution in [1.82, 2.24) is 4.90 Å². The first-order valence-electron chi connectivity index (χ1n) is 5.34. The molecule has 0 N–H and O–H groups in total. The van der Waals surface area contributed by atoms with Crippen LogP contribution in [0.15, 0.2) is 28.7 Å². The van der Waals surface area contributed by atoms with E-state index in [0.717, 1.165) is 29.5 Å². The second-order valence-electron chi connectivity index (χ2n) is 4.02. The Morgan fingerprint density at radius 3 is 2.80 bits per heavy atom. The van der Waals surface area contributed by atoms with Crippen molar-refractivity contribution >= 4 is 27.5 Å². The van der Waals surface area contributed by atoms with Crippen LogP contribution in [0.4, 0.5) is 0 Å². The zero-order valence-electron chi connectivity index (χ0n) is 8.63. The first-order chi connectivity index (χ1) is 7.29. The van der Waals surface area contributed by atoms with Crippen LogP contribution in [0.25, 0.3) is 0 Å². The van der Waals surface area contributed by atoms with Crippen molar-refractivity contribution in [3.63, 3.8) is 0 Å². The Morgan fingerprint density at radius 1 is 1.40 bits per heavy atom. The maximum absolute atomic E-state index is 5.81. The summed E-state index contributed by atoms with van der Waals surface area (Å²) in [6.45, 7) is 2.02. The van der Waals surface area contributed by atoms with Gasteiger partial charge in [-0.2, -0.15) is 0 Å². The van der Waals surface area contributed by atoms with Crippen LogP contribution < -0.4 is 0 Å². The molecule has 0 spiro atoms. The third-order valence-corrected chi connectivity index (χ3v) is 3.37. The summed E-state index contributed by atoms with van der Waals surface area (Å²) in [5.74, 6) is 0.727. The summed E-state index contributed by atoms with van der Waals surface area (Å²) in [6.07, 6.45) is 2.68. The molecule has 1 aliphatic rings. The monoisotopic (exact) mass is 287 g/mol. The van der Waals surface area contributed by atoms with Gasteiger partial charge in [0.05, 0.1) is 0 Å². The van der Waals surface area contributed by atoms with E-state index in [1.165, 1.54) is 18.4 Å². The number of hydrogen-bond acceptors (Lipinski definition) is 1. The zero-order chi connectivity index (χ0) is 10.7. The average molecular weight is 289 g/mol. The smallest absolute Gasteiger partial charge is 0.0351 e. The summed E-state index contributed by atoms with van der Waals surface area (Å²) < 4.78 is 1.15. The normalized spacial score (nSPS) is 15.9. The van der Waals surface area contributed by atoms with Crippen molar-refractivity contribution in [1.29, 1.82) is 0 Å². The van der Waals surface area contributed by atoms with Crippen LogP contribution in [0.5, 0.6) is 0 Å². The molecule has 0 atom stereocenters. The van der Waals surface area contributed by atoms with Crippen molar-refractivity contribution in [3.8, 4) is 0 Å². The lowest BCUT2D eigenvalue weighted by atomic mass is 10.2. The maximum atomic E-state index is 5.81. The Labute approximate surface area is 105 Å². The van der Waals surface area contributed by atoms with Gasteiger partial charge in [-0.15, -0.1) is 11.6 Å². The molecule has 1 saturated carbocycles. The molecule has 82 valence electrons. The van der Waals surface area contributed by atoms with Crippen molar-refractivity contribution in [2.45, 2.75) is 25.4 Å². The van der Waals surface area contributed by atoms with Crippen LogP contribution in [0.2, 0.25) is 0 Å². The Kier molecular flexibility index (Phi) is 4.06.